The van der Waals surface area contributed by atoms with E-state index in [0.717, 1.165) is 38.1 Å². The number of benzene rings is 1. The smallest absolute Gasteiger partial charge is 0.416 e. The number of amides is 1. The molecule has 0 radical (unpaired) electrons. The third kappa shape index (κ3) is 4.86. The highest BCUT2D eigenvalue weighted by Crippen LogP contribution is 2.36. The summed E-state index contributed by atoms with van der Waals surface area (Å²) in [6.07, 6.45) is -3.58. The number of carbonyl (C=O) groups is 1. The molecular weight excluding hydrogens is 323 g/mol. The number of alkyl halides is 3. The van der Waals surface area contributed by atoms with Crippen LogP contribution in [0.3, 0.4) is 0 Å². The van der Waals surface area contributed by atoms with Crippen LogP contribution in [0.2, 0.25) is 0 Å². The number of carbonyl (C=O) groups excluding carboxylic acids is 1. The molecule has 1 amide bonds. The largest absolute Gasteiger partial charge is 0.488 e. The first-order valence-corrected chi connectivity index (χ1v) is 7.53. The maximum Gasteiger partial charge on any atom is 0.416 e. The van der Waals surface area contributed by atoms with Gasteiger partial charge in [0.05, 0.1) is 17.3 Å². The molecule has 2 rings (SSSR count). The van der Waals surface area contributed by atoms with Crippen LogP contribution in [-0.2, 0) is 11.0 Å². The molecule has 1 fully saturated rings. The fraction of sp³-hybridized carbons (Fsp3) is 0.500. The number of nitrogens with one attached hydrogen (secondary N) is 1. The molecule has 1 heterocycles. The second kappa shape index (κ2) is 7.53. The summed E-state index contributed by atoms with van der Waals surface area (Å²) in [6.45, 7) is 1.67. The third-order valence-corrected chi connectivity index (χ3v) is 3.78. The van der Waals surface area contributed by atoms with Crippen molar-refractivity contribution in [1.29, 1.82) is 5.26 Å². The van der Waals surface area contributed by atoms with Gasteiger partial charge < -0.3 is 15.0 Å². The van der Waals surface area contributed by atoms with E-state index >= 15 is 0 Å². The summed E-state index contributed by atoms with van der Waals surface area (Å²) in [7, 11) is 1.99. The molecule has 1 aliphatic heterocycles. The van der Waals surface area contributed by atoms with Gasteiger partial charge in [0.1, 0.15) is 18.3 Å². The number of piperidine rings is 1. The molecule has 0 atom stereocenters. The number of likely N-dealkylation sites (tertiary alicyclic amines) is 1. The Morgan fingerprint density at radius 3 is 2.67 bits per heavy atom. The van der Waals surface area contributed by atoms with Crippen LogP contribution < -0.4 is 10.1 Å². The van der Waals surface area contributed by atoms with Crippen LogP contribution in [-0.4, -0.2) is 37.0 Å². The predicted octanol–water partition coefficient (Wildman–Crippen LogP) is 3.03. The van der Waals surface area contributed by atoms with E-state index in [1.165, 1.54) is 6.07 Å². The second-order valence-electron chi connectivity index (χ2n) is 5.71. The second-order valence-corrected chi connectivity index (χ2v) is 5.71. The highest BCUT2D eigenvalue weighted by atomic mass is 19.4. The number of nitriles is 1. The lowest BCUT2D eigenvalue weighted by molar-refractivity contribution is -0.137. The Bertz CT molecular complexity index is 632. The van der Waals surface area contributed by atoms with Crippen LogP contribution in [0.25, 0.3) is 0 Å². The van der Waals surface area contributed by atoms with E-state index in [-0.39, 0.29) is 17.5 Å². The highest BCUT2D eigenvalue weighted by molar-refractivity contribution is 5.93. The topological polar surface area (TPSA) is 65.4 Å². The van der Waals surface area contributed by atoms with Crippen molar-refractivity contribution in [3.8, 4) is 11.8 Å². The predicted molar refractivity (Wildman–Crippen MR) is 81.5 cm³/mol. The lowest BCUT2D eigenvalue weighted by Gasteiger charge is -2.30. The first-order valence-electron chi connectivity index (χ1n) is 7.53. The van der Waals surface area contributed by atoms with Gasteiger partial charge in [-0.2, -0.15) is 18.4 Å². The molecule has 24 heavy (non-hydrogen) atoms. The van der Waals surface area contributed by atoms with Crippen LogP contribution in [0.15, 0.2) is 18.2 Å². The molecule has 0 bridgehead atoms. The van der Waals surface area contributed by atoms with Gasteiger partial charge in [-0.15, -0.1) is 0 Å². The maximum atomic E-state index is 12.9. The molecule has 0 unspecified atom stereocenters. The number of ether oxygens (including phenoxy) is 1. The Labute approximate surface area is 138 Å². The van der Waals surface area contributed by atoms with Gasteiger partial charge >= 0.3 is 6.18 Å². The van der Waals surface area contributed by atoms with Crippen LogP contribution >= 0.6 is 0 Å². The molecule has 5 nitrogen and oxygen atoms in total. The first kappa shape index (κ1) is 18.1. The van der Waals surface area contributed by atoms with Crippen molar-refractivity contribution in [2.75, 3.05) is 25.5 Å². The summed E-state index contributed by atoms with van der Waals surface area (Å²) in [4.78, 5) is 13.7. The SMILES string of the molecule is CN1CCC(Oc2ccc(C(F)(F)F)cc2NC(=O)CC#N)CC1. The number of anilines is 1. The van der Waals surface area contributed by atoms with Gasteiger partial charge in [0.15, 0.2) is 0 Å². The number of nitrogens with zero attached hydrogens (tertiary/aromatic N) is 2. The fourth-order valence-corrected chi connectivity index (χ4v) is 2.46. The van der Waals surface area contributed by atoms with E-state index < -0.39 is 24.1 Å². The van der Waals surface area contributed by atoms with Gasteiger partial charge in [-0.25, -0.2) is 0 Å². The zero-order valence-corrected chi connectivity index (χ0v) is 13.2. The minimum absolute atomic E-state index is 0.0657. The minimum atomic E-state index is -4.53. The average Bonchev–Trinajstić information content (AvgIpc) is 2.50. The van der Waals surface area contributed by atoms with E-state index in [2.05, 4.69) is 10.2 Å². The van der Waals surface area contributed by atoms with Gasteiger partial charge in [0.25, 0.3) is 0 Å². The Morgan fingerprint density at radius 2 is 2.08 bits per heavy atom. The molecular formula is C16H18F3N3O2. The van der Waals surface area contributed by atoms with Gasteiger partial charge in [-0.3, -0.25) is 4.79 Å². The molecule has 1 N–H and O–H groups in total. The van der Waals surface area contributed by atoms with Crippen molar-refractivity contribution in [3.63, 3.8) is 0 Å². The maximum absolute atomic E-state index is 12.9. The lowest BCUT2D eigenvalue weighted by atomic mass is 10.1. The summed E-state index contributed by atoms with van der Waals surface area (Å²) in [5, 5.41) is 10.9. The van der Waals surface area contributed by atoms with E-state index in [1.54, 1.807) is 6.07 Å². The summed E-state index contributed by atoms with van der Waals surface area (Å²) >= 11 is 0. The molecule has 0 aromatic heterocycles. The monoisotopic (exact) mass is 341 g/mol. The molecule has 8 heteroatoms. The van der Waals surface area contributed by atoms with Crippen molar-refractivity contribution >= 4 is 11.6 Å². The van der Waals surface area contributed by atoms with Crippen molar-refractivity contribution in [3.05, 3.63) is 23.8 Å². The van der Waals surface area contributed by atoms with Crippen LogP contribution in [0.1, 0.15) is 24.8 Å². The van der Waals surface area contributed by atoms with Crippen LogP contribution in [0.5, 0.6) is 5.75 Å². The molecule has 0 aliphatic carbocycles. The Balaban J connectivity index is 2.21. The molecule has 0 saturated carbocycles. The van der Waals surface area contributed by atoms with E-state index in [4.69, 9.17) is 10.00 Å². The standard InChI is InChI=1S/C16H18F3N3O2/c1-22-8-5-12(6-9-22)24-14-3-2-11(16(17,18)19)10-13(14)21-15(23)4-7-20/h2-3,10,12H,4-6,8-9H2,1H3,(H,21,23). The molecule has 1 aromatic carbocycles. The van der Waals surface area contributed by atoms with E-state index in [0.29, 0.717) is 0 Å². The number of hydrogen-bond acceptors (Lipinski definition) is 4. The summed E-state index contributed by atoms with van der Waals surface area (Å²) in [5.41, 5.74) is -0.950. The summed E-state index contributed by atoms with van der Waals surface area (Å²) in [5.74, 6) is -0.492. The number of rotatable bonds is 4. The molecule has 0 spiro atoms. The molecule has 1 saturated heterocycles. The van der Waals surface area contributed by atoms with Gasteiger partial charge in [0, 0.05) is 13.1 Å². The van der Waals surface area contributed by atoms with Crippen molar-refractivity contribution in [1.82, 2.24) is 4.90 Å². The van der Waals surface area contributed by atoms with Crippen molar-refractivity contribution in [2.24, 2.45) is 0 Å². The Morgan fingerprint density at radius 1 is 1.42 bits per heavy atom. The summed E-state index contributed by atoms with van der Waals surface area (Å²) in [6, 6.07) is 4.62. The normalized spacial score (nSPS) is 16.5. The quantitative estimate of drug-likeness (QED) is 0.914. The molecule has 1 aromatic rings. The van der Waals surface area contributed by atoms with Crippen molar-refractivity contribution < 1.29 is 22.7 Å². The minimum Gasteiger partial charge on any atom is -0.488 e. The van der Waals surface area contributed by atoms with Gasteiger partial charge in [-0.05, 0) is 38.1 Å². The fourth-order valence-electron chi connectivity index (χ4n) is 2.46. The first-order chi connectivity index (χ1) is 11.3. The highest BCUT2D eigenvalue weighted by Gasteiger charge is 2.31. The zero-order valence-electron chi connectivity index (χ0n) is 13.2. The Kier molecular flexibility index (Phi) is 5.67. The average molecular weight is 341 g/mol. The van der Waals surface area contributed by atoms with E-state index in [1.807, 2.05) is 7.05 Å². The molecule has 1 aliphatic rings. The van der Waals surface area contributed by atoms with Gasteiger partial charge in [0.2, 0.25) is 5.91 Å². The van der Waals surface area contributed by atoms with Crippen LogP contribution in [0, 0.1) is 11.3 Å². The van der Waals surface area contributed by atoms with Crippen LogP contribution in [0.4, 0.5) is 18.9 Å². The number of halogens is 3. The van der Waals surface area contributed by atoms with Crippen molar-refractivity contribution in [2.45, 2.75) is 31.5 Å². The zero-order chi connectivity index (χ0) is 17.7. The molecule has 130 valence electrons. The summed E-state index contributed by atoms with van der Waals surface area (Å²) < 4.78 is 44.4. The van der Waals surface area contributed by atoms with E-state index in [9.17, 15) is 18.0 Å². The lowest BCUT2D eigenvalue weighted by Crippen LogP contribution is -2.35. The number of hydrogen-bond donors (Lipinski definition) is 1. The third-order valence-electron chi connectivity index (χ3n) is 3.78. The van der Waals surface area contributed by atoms with Gasteiger partial charge in [-0.1, -0.05) is 0 Å². The Hall–Kier alpha value is -2.27.